The summed E-state index contributed by atoms with van der Waals surface area (Å²) in [5, 5.41) is 10.2. The lowest BCUT2D eigenvalue weighted by atomic mass is 10.0. The fraction of sp³-hybridized carbons (Fsp3) is 0.214. The molecule has 2 rings (SSSR count). The smallest absolute Gasteiger partial charge is 0.126 e. The number of halogens is 1. The van der Waals surface area contributed by atoms with E-state index in [1.807, 2.05) is 19.1 Å². The van der Waals surface area contributed by atoms with E-state index in [-0.39, 0.29) is 5.82 Å². The Balaban J connectivity index is 2.40. The van der Waals surface area contributed by atoms with Gasteiger partial charge in [-0.3, -0.25) is 4.98 Å². The molecule has 1 unspecified atom stereocenters. The molecule has 0 fully saturated rings. The average Bonchev–Trinajstić information content (AvgIpc) is 2.32. The largest absolute Gasteiger partial charge is 0.382 e. The van der Waals surface area contributed by atoms with Gasteiger partial charge >= 0.3 is 0 Å². The molecule has 88 valence electrons. The summed E-state index contributed by atoms with van der Waals surface area (Å²) in [6.45, 7) is 3.57. The average molecular weight is 231 g/mol. The molecule has 0 saturated heterocycles. The summed E-state index contributed by atoms with van der Waals surface area (Å²) in [5.74, 6) is -0.265. The van der Waals surface area contributed by atoms with Crippen LogP contribution in [0.1, 0.15) is 28.5 Å². The summed E-state index contributed by atoms with van der Waals surface area (Å²) in [7, 11) is 0. The van der Waals surface area contributed by atoms with Crippen molar-refractivity contribution in [1.29, 1.82) is 0 Å². The van der Waals surface area contributed by atoms with Crippen LogP contribution < -0.4 is 0 Å². The van der Waals surface area contributed by atoms with Crippen LogP contribution in [0.3, 0.4) is 0 Å². The van der Waals surface area contributed by atoms with Crippen molar-refractivity contribution in [2.24, 2.45) is 0 Å². The Kier molecular flexibility index (Phi) is 3.20. The van der Waals surface area contributed by atoms with Crippen molar-refractivity contribution < 1.29 is 9.50 Å². The lowest BCUT2D eigenvalue weighted by Gasteiger charge is -2.13. The number of hydrogen-bond acceptors (Lipinski definition) is 2. The van der Waals surface area contributed by atoms with Crippen LogP contribution in [-0.2, 0) is 0 Å². The van der Waals surface area contributed by atoms with Crippen LogP contribution in [-0.4, -0.2) is 10.1 Å². The Morgan fingerprint density at radius 1 is 1.18 bits per heavy atom. The minimum atomic E-state index is -0.810. The van der Waals surface area contributed by atoms with Gasteiger partial charge in [0.1, 0.15) is 11.9 Å². The highest BCUT2D eigenvalue weighted by atomic mass is 19.1. The number of aliphatic hydroxyl groups excluding tert-OH is 1. The number of rotatable bonds is 2. The highest BCUT2D eigenvalue weighted by molar-refractivity contribution is 5.33. The van der Waals surface area contributed by atoms with E-state index in [1.54, 1.807) is 25.3 Å². The van der Waals surface area contributed by atoms with Crippen LogP contribution in [0.25, 0.3) is 0 Å². The van der Waals surface area contributed by atoms with E-state index in [4.69, 9.17) is 0 Å². The van der Waals surface area contributed by atoms with Crippen molar-refractivity contribution in [2.45, 2.75) is 20.0 Å². The van der Waals surface area contributed by atoms with Crippen molar-refractivity contribution in [1.82, 2.24) is 4.98 Å². The van der Waals surface area contributed by atoms with E-state index in [0.29, 0.717) is 16.8 Å². The van der Waals surface area contributed by atoms with Crippen molar-refractivity contribution in [3.63, 3.8) is 0 Å². The van der Waals surface area contributed by atoms with Gasteiger partial charge in [-0.15, -0.1) is 0 Å². The van der Waals surface area contributed by atoms with Gasteiger partial charge in [0.2, 0.25) is 0 Å². The van der Waals surface area contributed by atoms with Crippen molar-refractivity contribution in [3.05, 3.63) is 64.7 Å². The third-order valence-electron chi connectivity index (χ3n) is 2.81. The number of benzene rings is 1. The third kappa shape index (κ3) is 2.34. The number of aromatic nitrogens is 1. The minimum Gasteiger partial charge on any atom is -0.382 e. The van der Waals surface area contributed by atoms with Gasteiger partial charge in [0.25, 0.3) is 0 Å². The van der Waals surface area contributed by atoms with Gasteiger partial charge in [-0.05, 0) is 42.7 Å². The number of pyridine rings is 1. The quantitative estimate of drug-likeness (QED) is 0.862. The molecule has 1 atom stereocenters. The minimum absolute atomic E-state index is 0.265. The van der Waals surface area contributed by atoms with E-state index in [9.17, 15) is 9.50 Å². The van der Waals surface area contributed by atoms with Gasteiger partial charge in [0.15, 0.2) is 0 Å². The summed E-state index contributed by atoms with van der Waals surface area (Å²) < 4.78 is 13.1. The zero-order valence-corrected chi connectivity index (χ0v) is 9.81. The first-order chi connectivity index (χ1) is 8.09. The van der Waals surface area contributed by atoms with Gasteiger partial charge in [-0.25, -0.2) is 4.39 Å². The zero-order valence-electron chi connectivity index (χ0n) is 9.81. The summed E-state index contributed by atoms with van der Waals surface area (Å²) >= 11 is 0. The second kappa shape index (κ2) is 4.63. The van der Waals surface area contributed by atoms with E-state index >= 15 is 0 Å². The van der Waals surface area contributed by atoms with Crippen molar-refractivity contribution in [3.8, 4) is 0 Å². The maximum atomic E-state index is 13.1. The first kappa shape index (κ1) is 11.7. The monoisotopic (exact) mass is 231 g/mol. The van der Waals surface area contributed by atoms with Crippen LogP contribution in [0, 0.1) is 19.7 Å². The van der Waals surface area contributed by atoms with Gasteiger partial charge in [0, 0.05) is 6.20 Å². The molecule has 0 spiro atoms. The van der Waals surface area contributed by atoms with Gasteiger partial charge < -0.3 is 5.11 Å². The number of hydrogen-bond donors (Lipinski definition) is 1. The van der Waals surface area contributed by atoms with Crippen molar-refractivity contribution >= 4 is 0 Å². The first-order valence-corrected chi connectivity index (χ1v) is 5.45. The van der Waals surface area contributed by atoms with Crippen LogP contribution >= 0.6 is 0 Å². The molecule has 0 bridgehead atoms. The maximum Gasteiger partial charge on any atom is 0.126 e. The van der Waals surface area contributed by atoms with Crippen LogP contribution in [0.15, 0.2) is 36.5 Å². The highest BCUT2D eigenvalue weighted by Crippen LogP contribution is 2.24. The van der Waals surface area contributed by atoms with Crippen LogP contribution in [0.4, 0.5) is 4.39 Å². The molecule has 0 amide bonds. The third-order valence-corrected chi connectivity index (χ3v) is 2.81. The van der Waals surface area contributed by atoms with Crippen LogP contribution in [0.5, 0.6) is 0 Å². The highest BCUT2D eigenvalue weighted by Gasteiger charge is 2.14. The Morgan fingerprint density at radius 2 is 1.94 bits per heavy atom. The number of aliphatic hydroxyl groups is 1. The Hall–Kier alpha value is -1.74. The second-order valence-electron chi connectivity index (χ2n) is 4.12. The number of aryl methyl sites for hydroxylation is 2. The molecule has 0 aliphatic carbocycles. The predicted octanol–water partition coefficient (Wildman–Crippen LogP) is 2.92. The zero-order chi connectivity index (χ0) is 12.4. The van der Waals surface area contributed by atoms with Gasteiger partial charge in [-0.1, -0.05) is 18.2 Å². The molecule has 0 aliphatic rings. The maximum absolute atomic E-state index is 13.1. The molecular weight excluding hydrogens is 217 g/mol. The van der Waals surface area contributed by atoms with E-state index in [2.05, 4.69) is 4.98 Å². The normalized spacial score (nSPS) is 12.5. The molecule has 1 N–H and O–H groups in total. The summed E-state index contributed by atoms with van der Waals surface area (Å²) in [4.78, 5) is 4.16. The molecule has 1 aromatic heterocycles. The lowest BCUT2D eigenvalue weighted by Crippen LogP contribution is -2.05. The molecule has 3 heteroatoms. The molecule has 1 aromatic carbocycles. The molecule has 0 saturated carbocycles. The van der Waals surface area contributed by atoms with Gasteiger partial charge in [-0.2, -0.15) is 0 Å². The topological polar surface area (TPSA) is 33.1 Å². The van der Waals surface area contributed by atoms with E-state index in [0.717, 1.165) is 5.56 Å². The Bertz CT molecular complexity index is 539. The SMILES string of the molecule is Cc1cc(C(O)c2ncccc2C)ccc1F. The van der Waals surface area contributed by atoms with Crippen molar-refractivity contribution in [2.75, 3.05) is 0 Å². The standard InChI is InChI=1S/C14H14FNO/c1-9-4-3-7-16-13(9)14(17)11-5-6-12(15)10(2)8-11/h3-8,14,17H,1-2H3. The van der Waals surface area contributed by atoms with Crippen LogP contribution in [0.2, 0.25) is 0 Å². The predicted molar refractivity (Wildman–Crippen MR) is 64.2 cm³/mol. The summed E-state index contributed by atoms with van der Waals surface area (Å²) in [6, 6.07) is 8.31. The van der Waals surface area contributed by atoms with E-state index in [1.165, 1.54) is 6.07 Å². The first-order valence-electron chi connectivity index (χ1n) is 5.45. The second-order valence-corrected chi connectivity index (χ2v) is 4.12. The molecule has 17 heavy (non-hydrogen) atoms. The molecular formula is C14H14FNO. The molecule has 2 aromatic rings. The molecule has 1 heterocycles. The lowest BCUT2D eigenvalue weighted by molar-refractivity contribution is 0.214. The molecule has 2 nitrogen and oxygen atoms in total. The Morgan fingerprint density at radius 3 is 2.59 bits per heavy atom. The van der Waals surface area contributed by atoms with E-state index < -0.39 is 6.10 Å². The molecule has 0 radical (unpaired) electrons. The number of nitrogens with zero attached hydrogens (tertiary/aromatic N) is 1. The summed E-state index contributed by atoms with van der Waals surface area (Å²) in [5.41, 5.74) is 2.71. The summed E-state index contributed by atoms with van der Waals surface area (Å²) in [6.07, 6.45) is 0.831. The Labute approximate surface area is 99.8 Å². The van der Waals surface area contributed by atoms with Gasteiger partial charge in [0.05, 0.1) is 5.69 Å². The fourth-order valence-electron chi connectivity index (χ4n) is 1.78. The fourth-order valence-corrected chi connectivity index (χ4v) is 1.78. The molecule has 0 aliphatic heterocycles.